The molecule has 0 fully saturated rings. The smallest absolute Gasteiger partial charge is 0.224 e. The summed E-state index contributed by atoms with van der Waals surface area (Å²) in [5, 5.41) is 0.406. The molecule has 7 heteroatoms. The standard InChI is InChI=1S/C20H14ClF3O2S/c1-27(25,26)17-8-5-13(6-9-17)18-10-7-15(20(22,23)24)12-19(18)14-3-2-4-16(21)11-14/h2-12H,1H3. The zero-order valence-corrected chi connectivity index (χ0v) is 15.7. The normalized spacial score (nSPS) is 12.2. The predicted octanol–water partition coefficient (Wildman–Crippen LogP) is 6.10. The van der Waals surface area contributed by atoms with Gasteiger partial charge in [-0.2, -0.15) is 13.2 Å². The average molecular weight is 411 g/mol. The molecule has 0 radical (unpaired) electrons. The third-order valence-electron chi connectivity index (χ3n) is 4.08. The van der Waals surface area contributed by atoms with Crippen LogP contribution in [0.4, 0.5) is 13.2 Å². The highest BCUT2D eigenvalue weighted by atomic mass is 35.5. The summed E-state index contributed by atoms with van der Waals surface area (Å²) in [5.41, 5.74) is 1.28. The first-order chi connectivity index (χ1) is 12.6. The lowest BCUT2D eigenvalue weighted by molar-refractivity contribution is -0.137. The van der Waals surface area contributed by atoms with Crippen molar-refractivity contribution >= 4 is 21.4 Å². The molecule has 3 rings (SSSR count). The molecule has 0 amide bonds. The molecule has 27 heavy (non-hydrogen) atoms. The zero-order chi connectivity index (χ0) is 19.8. The molecule has 0 aromatic heterocycles. The fourth-order valence-electron chi connectivity index (χ4n) is 2.75. The van der Waals surface area contributed by atoms with Gasteiger partial charge in [0.25, 0.3) is 0 Å². The van der Waals surface area contributed by atoms with Crippen molar-refractivity contribution in [3.63, 3.8) is 0 Å². The lowest BCUT2D eigenvalue weighted by Gasteiger charge is -2.15. The number of benzene rings is 3. The van der Waals surface area contributed by atoms with E-state index in [1.54, 1.807) is 36.4 Å². The average Bonchev–Trinajstić information content (AvgIpc) is 2.60. The molecule has 2 nitrogen and oxygen atoms in total. The summed E-state index contributed by atoms with van der Waals surface area (Å²) in [7, 11) is -3.36. The van der Waals surface area contributed by atoms with E-state index < -0.39 is 21.6 Å². The van der Waals surface area contributed by atoms with Crippen molar-refractivity contribution in [2.45, 2.75) is 11.1 Å². The first-order valence-corrected chi connectivity index (χ1v) is 10.1. The predicted molar refractivity (Wildman–Crippen MR) is 100 cm³/mol. The monoisotopic (exact) mass is 410 g/mol. The summed E-state index contributed by atoms with van der Waals surface area (Å²) in [6.07, 6.45) is -3.39. The minimum Gasteiger partial charge on any atom is -0.224 e. The van der Waals surface area contributed by atoms with Gasteiger partial charge in [-0.25, -0.2) is 8.42 Å². The number of alkyl halides is 3. The van der Waals surface area contributed by atoms with Crippen LogP contribution in [0.5, 0.6) is 0 Å². The maximum Gasteiger partial charge on any atom is 0.416 e. The Morgan fingerprint density at radius 2 is 1.48 bits per heavy atom. The topological polar surface area (TPSA) is 34.1 Å². The van der Waals surface area contributed by atoms with E-state index in [0.29, 0.717) is 27.3 Å². The molecule has 0 unspecified atom stereocenters. The second kappa shape index (κ2) is 7.02. The first-order valence-electron chi connectivity index (χ1n) is 7.83. The first kappa shape index (κ1) is 19.5. The van der Waals surface area contributed by atoms with E-state index in [2.05, 4.69) is 0 Å². The Labute approximate surface area is 160 Å². The van der Waals surface area contributed by atoms with Crippen LogP contribution in [-0.2, 0) is 16.0 Å². The SMILES string of the molecule is CS(=O)(=O)c1ccc(-c2ccc(C(F)(F)F)cc2-c2cccc(Cl)c2)cc1. The summed E-state index contributed by atoms with van der Waals surface area (Å²) in [6.45, 7) is 0. The van der Waals surface area contributed by atoms with E-state index in [-0.39, 0.29) is 4.90 Å². The van der Waals surface area contributed by atoms with Gasteiger partial charge in [-0.05, 0) is 58.7 Å². The highest BCUT2D eigenvalue weighted by Gasteiger charge is 2.31. The molecule has 0 aliphatic heterocycles. The second-order valence-electron chi connectivity index (χ2n) is 6.07. The Hall–Kier alpha value is -2.31. The van der Waals surface area contributed by atoms with Crippen molar-refractivity contribution in [1.29, 1.82) is 0 Å². The molecular formula is C20H14ClF3O2S. The Morgan fingerprint density at radius 1 is 0.815 bits per heavy atom. The summed E-state index contributed by atoms with van der Waals surface area (Å²) in [6, 6.07) is 16.1. The van der Waals surface area contributed by atoms with Gasteiger partial charge in [0.1, 0.15) is 0 Å². The largest absolute Gasteiger partial charge is 0.416 e. The van der Waals surface area contributed by atoms with E-state index in [1.807, 2.05) is 0 Å². The molecule has 0 aliphatic carbocycles. The van der Waals surface area contributed by atoms with Gasteiger partial charge in [0, 0.05) is 11.3 Å². The molecule has 0 atom stereocenters. The second-order valence-corrected chi connectivity index (χ2v) is 8.52. The molecule has 3 aromatic rings. The van der Waals surface area contributed by atoms with Crippen LogP contribution in [0.1, 0.15) is 5.56 Å². The van der Waals surface area contributed by atoms with Gasteiger partial charge in [0.05, 0.1) is 10.5 Å². The lowest BCUT2D eigenvalue weighted by Crippen LogP contribution is -2.05. The van der Waals surface area contributed by atoms with Crippen LogP contribution in [0.2, 0.25) is 5.02 Å². The summed E-state index contributed by atoms with van der Waals surface area (Å²) in [5.74, 6) is 0. The molecule has 0 heterocycles. The van der Waals surface area contributed by atoms with Gasteiger partial charge >= 0.3 is 6.18 Å². The van der Waals surface area contributed by atoms with Gasteiger partial charge in [-0.15, -0.1) is 0 Å². The fraction of sp³-hybridized carbons (Fsp3) is 0.100. The van der Waals surface area contributed by atoms with Crippen molar-refractivity contribution in [2.75, 3.05) is 6.26 Å². The summed E-state index contributed by atoms with van der Waals surface area (Å²) >= 11 is 6.00. The summed E-state index contributed by atoms with van der Waals surface area (Å²) < 4.78 is 62.8. The molecule has 3 aromatic carbocycles. The van der Waals surface area contributed by atoms with Crippen molar-refractivity contribution in [2.24, 2.45) is 0 Å². The molecule has 0 saturated carbocycles. The number of halogens is 4. The van der Waals surface area contributed by atoms with E-state index in [9.17, 15) is 21.6 Å². The number of hydrogen-bond donors (Lipinski definition) is 0. The Morgan fingerprint density at radius 3 is 2.04 bits per heavy atom. The van der Waals surface area contributed by atoms with Crippen LogP contribution in [0, 0.1) is 0 Å². The minimum absolute atomic E-state index is 0.141. The van der Waals surface area contributed by atoms with Gasteiger partial charge in [0.2, 0.25) is 0 Å². The highest BCUT2D eigenvalue weighted by molar-refractivity contribution is 7.90. The third-order valence-corrected chi connectivity index (χ3v) is 5.44. The number of rotatable bonds is 3. The lowest BCUT2D eigenvalue weighted by atomic mass is 9.92. The molecule has 0 N–H and O–H groups in total. The molecular weight excluding hydrogens is 397 g/mol. The maximum absolute atomic E-state index is 13.2. The summed E-state index contributed by atoms with van der Waals surface area (Å²) in [4.78, 5) is 0.141. The van der Waals surface area contributed by atoms with Crippen molar-refractivity contribution in [3.05, 3.63) is 77.3 Å². The Kier molecular flexibility index (Phi) is 5.06. The Bertz CT molecular complexity index is 1090. The van der Waals surface area contributed by atoms with E-state index in [1.165, 1.54) is 18.2 Å². The van der Waals surface area contributed by atoms with Crippen molar-refractivity contribution in [3.8, 4) is 22.3 Å². The van der Waals surface area contributed by atoms with Crippen LogP contribution in [0.15, 0.2) is 71.6 Å². The molecule has 0 saturated heterocycles. The van der Waals surface area contributed by atoms with Crippen LogP contribution in [0.3, 0.4) is 0 Å². The molecule has 140 valence electrons. The minimum atomic E-state index is -4.48. The number of hydrogen-bond acceptors (Lipinski definition) is 2. The van der Waals surface area contributed by atoms with E-state index in [4.69, 9.17) is 11.6 Å². The third kappa shape index (κ3) is 4.34. The fourth-order valence-corrected chi connectivity index (χ4v) is 3.57. The maximum atomic E-state index is 13.2. The van der Waals surface area contributed by atoms with Crippen molar-refractivity contribution < 1.29 is 21.6 Å². The Balaban J connectivity index is 2.20. The molecule has 0 bridgehead atoms. The van der Waals surface area contributed by atoms with Gasteiger partial charge in [0.15, 0.2) is 9.84 Å². The van der Waals surface area contributed by atoms with E-state index >= 15 is 0 Å². The van der Waals surface area contributed by atoms with Gasteiger partial charge < -0.3 is 0 Å². The quantitative estimate of drug-likeness (QED) is 0.523. The van der Waals surface area contributed by atoms with Crippen LogP contribution >= 0.6 is 11.6 Å². The van der Waals surface area contributed by atoms with E-state index in [0.717, 1.165) is 18.4 Å². The molecule has 0 spiro atoms. The zero-order valence-electron chi connectivity index (χ0n) is 14.1. The van der Waals surface area contributed by atoms with Crippen LogP contribution in [-0.4, -0.2) is 14.7 Å². The van der Waals surface area contributed by atoms with Gasteiger partial charge in [-0.1, -0.05) is 41.9 Å². The van der Waals surface area contributed by atoms with Crippen molar-refractivity contribution in [1.82, 2.24) is 0 Å². The van der Waals surface area contributed by atoms with Gasteiger partial charge in [-0.3, -0.25) is 0 Å². The molecule has 0 aliphatic rings. The highest BCUT2D eigenvalue weighted by Crippen LogP contribution is 2.38. The van der Waals surface area contributed by atoms with Crippen LogP contribution < -0.4 is 0 Å². The number of sulfone groups is 1. The van der Waals surface area contributed by atoms with Crippen LogP contribution in [0.25, 0.3) is 22.3 Å².